The van der Waals surface area contributed by atoms with E-state index >= 15 is 0 Å². The lowest BCUT2D eigenvalue weighted by molar-refractivity contribution is 0.0165. The van der Waals surface area contributed by atoms with Crippen LogP contribution in [-0.4, -0.2) is 35.6 Å². The Morgan fingerprint density at radius 3 is 2.21 bits per heavy atom. The fourth-order valence-corrected chi connectivity index (χ4v) is 4.29. The van der Waals surface area contributed by atoms with Gasteiger partial charge in [0.15, 0.2) is 0 Å². The number of piperazine rings is 1. The quantitative estimate of drug-likeness (QED) is 0.822. The van der Waals surface area contributed by atoms with Crippen LogP contribution in [0.3, 0.4) is 0 Å². The summed E-state index contributed by atoms with van der Waals surface area (Å²) in [5, 5.41) is 3.85. The summed E-state index contributed by atoms with van der Waals surface area (Å²) in [6, 6.07) is 1.57. The Morgan fingerprint density at radius 1 is 1.00 bits per heavy atom. The molecule has 3 fully saturated rings. The van der Waals surface area contributed by atoms with E-state index in [0.29, 0.717) is 11.0 Å². The highest BCUT2D eigenvalue weighted by molar-refractivity contribution is 5.05. The second-order valence-electron chi connectivity index (χ2n) is 8.49. The summed E-state index contributed by atoms with van der Waals surface area (Å²) in [5.41, 5.74) is 0.993. The van der Waals surface area contributed by atoms with Crippen LogP contribution in [0.5, 0.6) is 0 Å². The molecule has 0 spiro atoms. The van der Waals surface area contributed by atoms with Gasteiger partial charge in [-0.1, -0.05) is 13.8 Å². The molecule has 2 aliphatic carbocycles. The highest BCUT2D eigenvalue weighted by Crippen LogP contribution is 2.43. The van der Waals surface area contributed by atoms with Gasteiger partial charge in [-0.2, -0.15) is 0 Å². The maximum absolute atomic E-state index is 3.85. The molecule has 1 heterocycles. The van der Waals surface area contributed by atoms with Gasteiger partial charge in [0, 0.05) is 30.7 Å². The van der Waals surface area contributed by atoms with Crippen LogP contribution < -0.4 is 5.32 Å². The molecule has 1 N–H and O–H groups in total. The molecule has 2 atom stereocenters. The predicted octanol–water partition coefficient (Wildman–Crippen LogP) is 3.42. The van der Waals surface area contributed by atoms with Crippen molar-refractivity contribution in [1.82, 2.24) is 10.2 Å². The smallest absolute Gasteiger partial charge is 0.0309 e. The van der Waals surface area contributed by atoms with E-state index < -0.39 is 0 Å². The zero-order chi connectivity index (χ0) is 13.7. The van der Waals surface area contributed by atoms with Gasteiger partial charge in [0.1, 0.15) is 0 Å². The standard InChI is InChI=1S/C17H32N2/c1-13-11-18-17(4,14-5-6-14)12-19(13)15-7-9-16(2,3)10-8-15/h13-15,18H,5-12H2,1-4H3. The number of nitrogens with one attached hydrogen (secondary N) is 1. The van der Waals surface area contributed by atoms with Gasteiger partial charge in [0.2, 0.25) is 0 Å². The predicted molar refractivity (Wildman–Crippen MR) is 81.3 cm³/mol. The zero-order valence-electron chi connectivity index (χ0n) is 13.3. The molecule has 0 radical (unpaired) electrons. The molecule has 2 heteroatoms. The van der Waals surface area contributed by atoms with Crippen molar-refractivity contribution >= 4 is 0 Å². The van der Waals surface area contributed by atoms with Crippen molar-refractivity contribution in [2.75, 3.05) is 13.1 Å². The fraction of sp³-hybridized carbons (Fsp3) is 1.00. The molecule has 19 heavy (non-hydrogen) atoms. The third-order valence-corrected chi connectivity index (χ3v) is 6.13. The Bertz CT molecular complexity index is 324. The molecule has 2 saturated carbocycles. The van der Waals surface area contributed by atoms with Crippen LogP contribution in [0.15, 0.2) is 0 Å². The molecule has 0 amide bonds. The minimum atomic E-state index is 0.402. The Morgan fingerprint density at radius 2 is 1.63 bits per heavy atom. The molecule has 1 saturated heterocycles. The molecule has 110 valence electrons. The zero-order valence-corrected chi connectivity index (χ0v) is 13.3. The first kappa shape index (κ1) is 13.9. The molecule has 3 aliphatic rings. The Labute approximate surface area is 119 Å². The third-order valence-electron chi connectivity index (χ3n) is 6.13. The first-order valence-electron chi connectivity index (χ1n) is 8.40. The molecule has 0 bridgehead atoms. The molecule has 0 aromatic rings. The molecular weight excluding hydrogens is 232 g/mol. The summed E-state index contributed by atoms with van der Waals surface area (Å²) in [5.74, 6) is 0.947. The van der Waals surface area contributed by atoms with Crippen LogP contribution in [-0.2, 0) is 0 Å². The maximum Gasteiger partial charge on any atom is 0.0309 e. The first-order valence-corrected chi connectivity index (χ1v) is 8.40. The summed E-state index contributed by atoms with van der Waals surface area (Å²) in [7, 11) is 0. The number of nitrogens with zero attached hydrogens (tertiary/aromatic N) is 1. The van der Waals surface area contributed by atoms with Crippen molar-refractivity contribution in [2.45, 2.75) is 83.8 Å². The first-order chi connectivity index (χ1) is 8.90. The van der Waals surface area contributed by atoms with Crippen LogP contribution in [0.1, 0.15) is 66.2 Å². The van der Waals surface area contributed by atoms with Gasteiger partial charge in [-0.25, -0.2) is 0 Å². The van der Waals surface area contributed by atoms with Crippen molar-refractivity contribution in [3.05, 3.63) is 0 Å². The van der Waals surface area contributed by atoms with Crippen molar-refractivity contribution in [1.29, 1.82) is 0 Å². The summed E-state index contributed by atoms with van der Waals surface area (Å²) in [6.45, 7) is 12.2. The van der Waals surface area contributed by atoms with Gasteiger partial charge < -0.3 is 5.32 Å². The lowest BCUT2D eigenvalue weighted by Gasteiger charge is -2.51. The van der Waals surface area contributed by atoms with Gasteiger partial charge in [0.25, 0.3) is 0 Å². The number of hydrogen-bond acceptors (Lipinski definition) is 2. The van der Waals surface area contributed by atoms with E-state index in [2.05, 4.69) is 37.9 Å². The monoisotopic (exact) mass is 264 g/mol. The van der Waals surface area contributed by atoms with Crippen molar-refractivity contribution in [2.24, 2.45) is 11.3 Å². The number of rotatable bonds is 2. The SMILES string of the molecule is CC1CNC(C)(C2CC2)CN1C1CCC(C)(C)CC1. The molecule has 1 aliphatic heterocycles. The van der Waals surface area contributed by atoms with E-state index in [4.69, 9.17) is 0 Å². The van der Waals surface area contributed by atoms with Gasteiger partial charge >= 0.3 is 0 Å². The lowest BCUT2D eigenvalue weighted by atomic mass is 9.74. The van der Waals surface area contributed by atoms with Crippen LogP contribution in [0.4, 0.5) is 0 Å². The Kier molecular flexibility index (Phi) is 3.46. The average Bonchev–Trinajstić information content (AvgIpc) is 3.17. The van der Waals surface area contributed by atoms with Gasteiger partial charge in [-0.05, 0) is 63.7 Å². The normalized spacial score (nSPS) is 41.4. The lowest BCUT2D eigenvalue weighted by Crippen LogP contribution is -2.65. The van der Waals surface area contributed by atoms with Crippen molar-refractivity contribution in [3.8, 4) is 0 Å². The topological polar surface area (TPSA) is 15.3 Å². The average molecular weight is 264 g/mol. The third kappa shape index (κ3) is 2.85. The van der Waals surface area contributed by atoms with E-state index in [1.54, 1.807) is 0 Å². The fourth-order valence-electron chi connectivity index (χ4n) is 4.29. The van der Waals surface area contributed by atoms with E-state index in [0.717, 1.165) is 18.0 Å². The van der Waals surface area contributed by atoms with E-state index in [1.165, 1.54) is 51.6 Å². The largest absolute Gasteiger partial charge is 0.308 e. The number of hydrogen-bond donors (Lipinski definition) is 1. The Hall–Kier alpha value is -0.0800. The minimum absolute atomic E-state index is 0.402. The van der Waals surface area contributed by atoms with Crippen LogP contribution in [0, 0.1) is 11.3 Å². The van der Waals surface area contributed by atoms with Crippen LogP contribution in [0.25, 0.3) is 0 Å². The minimum Gasteiger partial charge on any atom is -0.308 e. The summed E-state index contributed by atoms with van der Waals surface area (Å²) in [4.78, 5) is 2.85. The molecule has 0 aromatic heterocycles. The maximum atomic E-state index is 3.85. The van der Waals surface area contributed by atoms with Gasteiger partial charge in [0.05, 0.1) is 0 Å². The molecule has 2 nitrogen and oxygen atoms in total. The molecule has 2 unspecified atom stereocenters. The molecule has 0 aromatic carbocycles. The van der Waals surface area contributed by atoms with Crippen LogP contribution in [0.2, 0.25) is 0 Å². The highest BCUT2D eigenvalue weighted by Gasteiger charge is 2.47. The van der Waals surface area contributed by atoms with Gasteiger partial charge in [-0.15, -0.1) is 0 Å². The summed E-state index contributed by atoms with van der Waals surface area (Å²) >= 11 is 0. The van der Waals surface area contributed by atoms with E-state index in [1.807, 2.05) is 0 Å². The second-order valence-corrected chi connectivity index (χ2v) is 8.49. The Balaban J connectivity index is 1.65. The van der Waals surface area contributed by atoms with Crippen molar-refractivity contribution in [3.63, 3.8) is 0 Å². The van der Waals surface area contributed by atoms with E-state index in [9.17, 15) is 0 Å². The van der Waals surface area contributed by atoms with Gasteiger partial charge in [-0.3, -0.25) is 4.90 Å². The second kappa shape index (κ2) is 4.73. The van der Waals surface area contributed by atoms with Crippen LogP contribution >= 0.6 is 0 Å². The summed E-state index contributed by atoms with van der Waals surface area (Å²) < 4.78 is 0. The molecule has 3 rings (SSSR count). The molecular formula is C17H32N2. The highest BCUT2D eigenvalue weighted by atomic mass is 15.3. The summed E-state index contributed by atoms with van der Waals surface area (Å²) in [6.07, 6.45) is 8.55. The van der Waals surface area contributed by atoms with Crippen molar-refractivity contribution < 1.29 is 0 Å². The van der Waals surface area contributed by atoms with E-state index in [-0.39, 0.29) is 0 Å².